The van der Waals surface area contributed by atoms with Crippen LogP contribution in [0.1, 0.15) is 83.6 Å². The number of aryl methyl sites for hydroxylation is 1. The van der Waals surface area contributed by atoms with Crippen molar-refractivity contribution in [2.24, 2.45) is 34.5 Å². The molecule has 1 N–H and O–H groups in total. The molecular formula is C27H38O2. The zero-order valence-corrected chi connectivity index (χ0v) is 18.3. The number of carbonyl (C=O) groups excluding carboxylic acids is 1. The van der Waals surface area contributed by atoms with E-state index in [1.165, 1.54) is 37.7 Å². The largest absolute Gasteiger partial charge is 0.389 e. The number of benzene rings is 1. The zero-order chi connectivity index (χ0) is 20.3. The second-order valence-corrected chi connectivity index (χ2v) is 11.4. The van der Waals surface area contributed by atoms with E-state index >= 15 is 0 Å². The van der Waals surface area contributed by atoms with E-state index in [1.807, 2.05) is 0 Å². The van der Waals surface area contributed by atoms with Gasteiger partial charge in [0.25, 0.3) is 0 Å². The number of hydrogen-bond donors (Lipinski definition) is 1. The summed E-state index contributed by atoms with van der Waals surface area (Å²) in [6, 6.07) is 10.7. The number of ketones is 1. The molecule has 4 fully saturated rings. The van der Waals surface area contributed by atoms with Crippen molar-refractivity contribution in [2.45, 2.75) is 90.1 Å². The van der Waals surface area contributed by atoms with Gasteiger partial charge in [-0.1, -0.05) is 44.2 Å². The summed E-state index contributed by atoms with van der Waals surface area (Å²) in [6.45, 7) is 4.94. The maximum absolute atomic E-state index is 12.1. The molecule has 2 heteroatoms. The molecular weight excluding hydrogens is 356 g/mol. The molecule has 0 aromatic heterocycles. The highest BCUT2D eigenvalue weighted by molar-refractivity contribution is 5.79. The van der Waals surface area contributed by atoms with Gasteiger partial charge in [-0.05, 0) is 97.9 Å². The third kappa shape index (κ3) is 2.96. The van der Waals surface area contributed by atoms with Crippen LogP contribution in [0.5, 0.6) is 0 Å². The van der Waals surface area contributed by atoms with E-state index in [9.17, 15) is 9.90 Å². The molecule has 4 aliphatic rings. The van der Waals surface area contributed by atoms with Crippen LogP contribution in [0, 0.1) is 34.5 Å². The molecule has 0 aliphatic heterocycles. The molecule has 0 spiro atoms. The average molecular weight is 395 g/mol. The molecule has 4 saturated carbocycles. The molecule has 2 nitrogen and oxygen atoms in total. The van der Waals surface area contributed by atoms with E-state index in [-0.39, 0.29) is 5.41 Å². The molecule has 0 amide bonds. The van der Waals surface area contributed by atoms with Crippen molar-refractivity contribution in [3.05, 3.63) is 35.9 Å². The first-order valence-electron chi connectivity index (χ1n) is 12.1. The van der Waals surface area contributed by atoms with Crippen LogP contribution < -0.4 is 0 Å². The highest BCUT2D eigenvalue weighted by atomic mass is 16.3. The number of hydrogen-bond acceptors (Lipinski definition) is 2. The molecule has 0 saturated heterocycles. The fourth-order valence-electron chi connectivity index (χ4n) is 8.56. The Hall–Kier alpha value is -1.15. The Morgan fingerprint density at radius 1 is 0.966 bits per heavy atom. The summed E-state index contributed by atoms with van der Waals surface area (Å²) in [5.41, 5.74) is 1.26. The normalized spacial score (nSPS) is 46.7. The van der Waals surface area contributed by atoms with Crippen LogP contribution in [0.4, 0.5) is 0 Å². The first kappa shape index (κ1) is 19.8. The van der Waals surface area contributed by atoms with Crippen molar-refractivity contribution < 1.29 is 9.90 Å². The Bertz CT molecular complexity index is 772. The number of aliphatic hydroxyl groups is 1. The van der Waals surface area contributed by atoms with E-state index < -0.39 is 5.60 Å². The lowest BCUT2D eigenvalue weighted by molar-refractivity contribution is -0.158. The Morgan fingerprint density at radius 2 is 1.72 bits per heavy atom. The predicted molar refractivity (Wildman–Crippen MR) is 116 cm³/mol. The van der Waals surface area contributed by atoms with Gasteiger partial charge in [-0.2, -0.15) is 0 Å². The number of Topliss-reactive ketones (excluding diaryl/α,β-unsaturated/α-hetero) is 1. The summed E-state index contributed by atoms with van der Waals surface area (Å²) >= 11 is 0. The molecule has 0 bridgehead atoms. The predicted octanol–water partition coefficient (Wildman–Crippen LogP) is 5.96. The third-order valence-corrected chi connectivity index (χ3v) is 10.5. The summed E-state index contributed by atoms with van der Waals surface area (Å²) in [5.74, 6) is 3.31. The Kier molecular flexibility index (Phi) is 4.74. The molecule has 0 unspecified atom stereocenters. The summed E-state index contributed by atoms with van der Waals surface area (Å²) in [7, 11) is 0. The molecule has 158 valence electrons. The van der Waals surface area contributed by atoms with Gasteiger partial charge in [0.2, 0.25) is 0 Å². The van der Waals surface area contributed by atoms with Gasteiger partial charge in [0, 0.05) is 12.8 Å². The van der Waals surface area contributed by atoms with E-state index in [4.69, 9.17) is 0 Å². The molecule has 5 rings (SSSR count). The first-order valence-corrected chi connectivity index (χ1v) is 12.1. The average Bonchev–Trinajstić information content (AvgIpc) is 2.99. The number of rotatable bonds is 3. The number of fused-ring (bicyclic) bond motifs is 5. The smallest absolute Gasteiger partial charge is 0.133 e. The van der Waals surface area contributed by atoms with E-state index in [1.54, 1.807) is 0 Å². The zero-order valence-electron chi connectivity index (χ0n) is 18.3. The van der Waals surface area contributed by atoms with Crippen molar-refractivity contribution in [1.29, 1.82) is 0 Å². The Morgan fingerprint density at radius 3 is 2.52 bits per heavy atom. The van der Waals surface area contributed by atoms with Crippen LogP contribution in [0.15, 0.2) is 30.3 Å². The van der Waals surface area contributed by atoms with Crippen LogP contribution in [0.25, 0.3) is 0 Å². The van der Waals surface area contributed by atoms with Crippen LogP contribution in [-0.2, 0) is 11.2 Å². The van der Waals surface area contributed by atoms with Gasteiger partial charge in [0.1, 0.15) is 5.78 Å². The highest BCUT2D eigenvalue weighted by Gasteiger charge is 2.64. The second kappa shape index (κ2) is 6.94. The molecule has 0 heterocycles. The van der Waals surface area contributed by atoms with E-state index in [0.29, 0.717) is 23.0 Å². The maximum Gasteiger partial charge on any atom is 0.133 e. The van der Waals surface area contributed by atoms with Crippen LogP contribution in [0.2, 0.25) is 0 Å². The van der Waals surface area contributed by atoms with E-state index in [2.05, 4.69) is 44.2 Å². The monoisotopic (exact) mass is 394 g/mol. The van der Waals surface area contributed by atoms with Crippen molar-refractivity contribution >= 4 is 5.78 Å². The van der Waals surface area contributed by atoms with Gasteiger partial charge in [-0.25, -0.2) is 0 Å². The van der Waals surface area contributed by atoms with Crippen molar-refractivity contribution in [3.8, 4) is 0 Å². The van der Waals surface area contributed by atoms with E-state index in [0.717, 1.165) is 50.4 Å². The maximum atomic E-state index is 12.1. The molecule has 1 aromatic carbocycles. The van der Waals surface area contributed by atoms with Gasteiger partial charge in [0.15, 0.2) is 0 Å². The van der Waals surface area contributed by atoms with Crippen molar-refractivity contribution in [3.63, 3.8) is 0 Å². The summed E-state index contributed by atoms with van der Waals surface area (Å²) in [5, 5.41) is 11.9. The van der Waals surface area contributed by atoms with Gasteiger partial charge in [0.05, 0.1) is 5.60 Å². The number of carbonyl (C=O) groups is 1. The van der Waals surface area contributed by atoms with Gasteiger partial charge in [-0.15, -0.1) is 0 Å². The Balaban J connectivity index is 1.36. The molecule has 4 aliphatic carbocycles. The van der Waals surface area contributed by atoms with Crippen LogP contribution in [-0.4, -0.2) is 16.5 Å². The summed E-state index contributed by atoms with van der Waals surface area (Å²) in [4.78, 5) is 12.1. The lowest BCUT2D eigenvalue weighted by Gasteiger charge is -2.61. The fraction of sp³-hybridized carbons (Fsp3) is 0.741. The molecule has 29 heavy (non-hydrogen) atoms. The quantitative estimate of drug-likeness (QED) is 0.686. The van der Waals surface area contributed by atoms with Gasteiger partial charge in [-0.3, -0.25) is 4.79 Å². The minimum absolute atomic E-state index is 0.0661. The molecule has 1 aromatic rings. The lowest BCUT2D eigenvalue weighted by Crippen LogP contribution is -2.56. The van der Waals surface area contributed by atoms with Crippen LogP contribution >= 0.6 is 0 Å². The topological polar surface area (TPSA) is 37.3 Å². The standard InChI is InChI=1S/C27H38O2/c1-25-14-11-21(28)18-20(25)8-9-22-23(25)12-15-26(2)24(22)13-17-27(26,29)16-10-19-6-4-3-5-7-19/h3-7,20,22-24,29H,8-18H2,1-2H3/t20-,22-,23-,24+,25+,26-,27+/m0/s1. The summed E-state index contributed by atoms with van der Waals surface area (Å²) in [6.07, 6.45) is 11.7. The third-order valence-electron chi connectivity index (χ3n) is 10.5. The molecule has 0 radical (unpaired) electrons. The lowest BCUT2D eigenvalue weighted by atomic mass is 9.44. The minimum Gasteiger partial charge on any atom is -0.389 e. The van der Waals surface area contributed by atoms with Crippen molar-refractivity contribution in [1.82, 2.24) is 0 Å². The summed E-state index contributed by atoms with van der Waals surface area (Å²) < 4.78 is 0. The van der Waals surface area contributed by atoms with Gasteiger partial charge >= 0.3 is 0 Å². The fourth-order valence-corrected chi connectivity index (χ4v) is 8.56. The first-order chi connectivity index (χ1) is 13.9. The van der Waals surface area contributed by atoms with Crippen LogP contribution in [0.3, 0.4) is 0 Å². The second-order valence-electron chi connectivity index (χ2n) is 11.4. The SMILES string of the molecule is C[C@@]12CCC(=O)C[C@@H]1CC[C@@H]1[C@H]3CC[C@](O)(CCc4ccccc4)[C@@]3(C)CC[C@@H]12. The molecule has 7 atom stereocenters. The Labute approximate surface area is 176 Å². The minimum atomic E-state index is -0.515. The van der Waals surface area contributed by atoms with Gasteiger partial charge < -0.3 is 5.11 Å². The van der Waals surface area contributed by atoms with Crippen molar-refractivity contribution in [2.75, 3.05) is 0 Å². The highest BCUT2D eigenvalue weighted by Crippen LogP contribution is 2.68.